The first-order valence-electron chi connectivity index (χ1n) is 12.6. The number of piperazine rings is 1. The molecule has 3 aromatic rings. The van der Waals surface area contributed by atoms with Gasteiger partial charge in [0.1, 0.15) is 11.3 Å². The molecule has 1 aliphatic carbocycles. The standard InChI is InChI=1S/C27H28FN5O5/c1-37-26(36)16-9-17(28)24-19(10-16)33(15-27(14-29)5-6-27)23(30-24)11-31-7-8-32(21-13-38-12-20(21)31)18-3-2-4-22(34)25(18)35/h2-4,9-10,20-21,34-35H,5-8,11-13,15H2,1H3. The molecule has 1 aromatic heterocycles. The second-order valence-electron chi connectivity index (χ2n) is 10.3. The number of anilines is 1. The van der Waals surface area contributed by atoms with E-state index in [9.17, 15) is 20.3 Å². The first-order valence-corrected chi connectivity index (χ1v) is 12.6. The second kappa shape index (κ2) is 9.15. The lowest BCUT2D eigenvalue weighted by molar-refractivity contribution is 0.0600. The van der Waals surface area contributed by atoms with Crippen LogP contribution >= 0.6 is 0 Å². The van der Waals surface area contributed by atoms with E-state index in [4.69, 9.17) is 9.47 Å². The fourth-order valence-electron chi connectivity index (χ4n) is 5.70. The van der Waals surface area contributed by atoms with E-state index in [0.29, 0.717) is 56.4 Å². The monoisotopic (exact) mass is 521 g/mol. The quantitative estimate of drug-likeness (QED) is 0.372. The van der Waals surface area contributed by atoms with Gasteiger partial charge >= 0.3 is 5.97 Å². The van der Waals surface area contributed by atoms with Gasteiger partial charge in [0.15, 0.2) is 17.3 Å². The lowest BCUT2D eigenvalue weighted by atomic mass is 10.0. The van der Waals surface area contributed by atoms with Crippen LogP contribution in [0.3, 0.4) is 0 Å². The third-order valence-electron chi connectivity index (χ3n) is 8.03. The number of phenols is 2. The van der Waals surface area contributed by atoms with Gasteiger partial charge in [-0.1, -0.05) is 6.07 Å². The molecule has 2 atom stereocenters. The van der Waals surface area contributed by atoms with E-state index in [0.717, 1.165) is 18.9 Å². The fraction of sp³-hybridized carbons (Fsp3) is 0.444. The van der Waals surface area contributed by atoms with Crippen LogP contribution in [0.15, 0.2) is 30.3 Å². The highest BCUT2D eigenvalue weighted by Crippen LogP contribution is 2.47. The molecule has 3 fully saturated rings. The van der Waals surface area contributed by atoms with E-state index in [1.807, 2.05) is 4.57 Å². The molecule has 2 N–H and O–H groups in total. The molecule has 0 spiro atoms. The molecular weight excluding hydrogens is 493 g/mol. The number of esters is 1. The Hall–Kier alpha value is -3.88. The summed E-state index contributed by atoms with van der Waals surface area (Å²) in [6.07, 6.45) is 1.51. The van der Waals surface area contributed by atoms with E-state index >= 15 is 4.39 Å². The van der Waals surface area contributed by atoms with Gasteiger partial charge in [0.25, 0.3) is 0 Å². The van der Waals surface area contributed by atoms with Crippen LogP contribution in [0.4, 0.5) is 10.1 Å². The van der Waals surface area contributed by atoms with Gasteiger partial charge in [-0.2, -0.15) is 5.26 Å². The van der Waals surface area contributed by atoms with Crippen molar-refractivity contribution in [3.63, 3.8) is 0 Å². The van der Waals surface area contributed by atoms with Gasteiger partial charge in [-0.15, -0.1) is 0 Å². The molecule has 0 radical (unpaired) electrons. The number of nitrogens with zero attached hydrogens (tertiary/aromatic N) is 5. The van der Waals surface area contributed by atoms with Crippen molar-refractivity contribution in [3.05, 3.63) is 47.5 Å². The number of halogens is 1. The third-order valence-corrected chi connectivity index (χ3v) is 8.03. The number of ether oxygens (including phenoxy) is 2. The number of para-hydroxylation sites is 1. The second-order valence-corrected chi connectivity index (χ2v) is 10.3. The molecule has 2 unspecified atom stereocenters. The van der Waals surface area contributed by atoms with E-state index in [2.05, 4.69) is 20.9 Å². The van der Waals surface area contributed by atoms with Gasteiger partial charge < -0.3 is 29.2 Å². The number of hydrogen-bond acceptors (Lipinski definition) is 9. The first-order chi connectivity index (χ1) is 18.3. The van der Waals surface area contributed by atoms with Crippen LogP contribution in [0.5, 0.6) is 11.5 Å². The average Bonchev–Trinajstić information content (AvgIpc) is 3.36. The Kier molecular flexibility index (Phi) is 5.89. The SMILES string of the molecule is COC(=O)c1cc(F)c2nc(CN3CCN(c4cccc(O)c4O)C4COCC43)n(CC3(C#N)CC3)c2c1. The Labute approximate surface area is 218 Å². The lowest BCUT2D eigenvalue weighted by Crippen LogP contribution is -2.59. The molecule has 3 heterocycles. The summed E-state index contributed by atoms with van der Waals surface area (Å²) >= 11 is 0. The Morgan fingerprint density at radius 1 is 1.26 bits per heavy atom. The van der Waals surface area contributed by atoms with Crippen molar-refractivity contribution in [1.29, 1.82) is 5.26 Å². The Morgan fingerprint density at radius 3 is 2.79 bits per heavy atom. The summed E-state index contributed by atoms with van der Waals surface area (Å²) < 4.78 is 27.7. The van der Waals surface area contributed by atoms with Crippen molar-refractivity contribution in [1.82, 2.24) is 14.5 Å². The van der Waals surface area contributed by atoms with E-state index in [1.165, 1.54) is 13.2 Å². The van der Waals surface area contributed by atoms with E-state index in [-0.39, 0.29) is 34.7 Å². The largest absolute Gasteiger partial charge is 0.504 e. The third kappa shape index (κ3) is 4.01. The average molecular weight is 522 g/mol. The van der Waals surface area contributed by atoms with Gasteiger partial charge in [-0.3, -0.25) is 4.90 Å². The molecule has 6 rings (SSSR count). The van der Waals surface area contributed by atoms with Crippen LogP contribution < -0.4 is 4.90 Å². The summed E-state index contributed by atoms with van der Waals surface area (Å²) in [6.45, 7) is 2.88. The number of aromatic nitrogens is 2. The highest BCUT2D eigenvalue weighted by atomic mass is 19.1. The van der Waals surface area contributed by atoms with Gasteiger partial charge in [0.05, 0.1) is 67.2 Å². The number of methoxy groups -OCH3 is 1. The van der Waals surface area contributed by atoms with Crippen LogP contribution in [-0.4, -0.2) is 76.1 Å². The molecule has 0 amide bonds. The summed E-state index contributed by atoms with van der Waals surface area (Å²) in [5, 5.41) is 30.3. The Bertz CT molecular complexity index is 1460. The highest BCUT2D eigenvalue weighted by molar-refractivity contribution is 5.94. The van der Waals surface area contributed by atoms with Crippen molar-refractivity contribution in [2.45, 2.75) is 38.0 Å². The van der Waals surface area contributed by atoms with Crippen LogP contribution in [0.2, 0.25) is 0 Å². The van der Waals surface area contributed by atoms with Gasteiger partial charge in [-0.25, -0.2) is 14.2 Å². The number of imidazole rings is 1. The molecule has 2 aliphatic heterocycles. The van der Waals surface area contributed by atoms with Crippen LogP contribution in [0.1, 0.15) is 29.0 Å². The van der Waals surface area contributed by atoms with Crippen molar-refractivity contribution < 1.29 is 28.9 Å². The smallest absolute Gasteiger partial charge is 0.338 e. The van der Waals surface area contributed by atoms with Crippen molar-refractivity contribution in [3.8, 4) is 17.6 Å². The minimum atomic E-state index is -0.640. The summed E-state index contributed by atoms with van der Waals surface area (Å²) in [7, 11) is 1.25. The van der Waals surface area contributed by atoms with Gasteiger partial charge in [-0.05, 0) is 37.1 Å². The van der Waals surface area contributed by atoms with Crippen molar-refractivity contribution >= 4 is 22.7 Å². The number of fused-ring (bicyclic) bond motifs is 2. The number of benzene rings is 2. The first kappa shape index (κ1) is 24.5. The maximum Gasteiger partial charge on any atom is 0.338 e. The molecule has 11 heteroatoms. The van der Waals surface area contributed by atoms with Crippen molar-refractivity contribution in [2.24, 2.45) is 5.41 Å². The molecule has 2 aromatic carbocycles. The van der Waals surface area contributed by atoms with Crippen LogP contribution in [0, 0.1) is 22.6 Å². The number of carbonyl (C=O) groups is 1. The zero-order chi connectivity index (χ0) is 26.6. The number of phenolic OH excluding ortho intramolecular Hbond substituents is 2. The molecule has 2 saturated heterocycles. The Balaban J connectivity index is 1.35. The Morgan fingerprint density at radius 2 is 2.05 bits per heavy atom. The number of hydrogen-bond donors (Lipinski definition) is 2. The maximum atomic E-state index is 15.1. The van der Waals surface area contributed by atoms with Crippen molar-refractivity contribution in [2.75, 3.05) is 38.3 Å². The molecule has 3 aliphatic rings. The minimum Gasteiger partial charge on any atom is -0.504 e. The molecule has 0 bridgehead atoms. The topological polar surface area (TPSA) is 124 Å². The highest BCUT2D eigenvalue weighted by Gasteiger charge is 2.45. The summed E-state index contributed by atoms with van der Waals surface area (Å²) in [6, 6.07) is 9.94. The van der Waals surface area contributed by atoms with E-state index < -0.39 is 17.2 Å². The fourth-order valence-corrected chi connectivity index (χ4v) is 5.70. The maximum absolute atomic E-state index is 15.1. The zero-order valence-electron chi connectivity index (χ0n) is 20.9. The number of rotatable bonds is 6. The predicted molar refractivity (Wildman–Crippen MR) is 134 cm³/mol. The van der Waals surface area contributed by atoms with Gasteiger partial charge in [0.2, 0.25) is 0 Å². The molecule has 10 nitrogen and oxygen atoms in total. The van der Waals surface area contributed by atoms with Crippen LogP contribution in [-0.2, 0) is 22.6 Å². The lowest BCUT2D eigenvalue weighted by Gasteiger charge is -2.44. The number of carbonyl (C=O) groups excluding carboxylic acids is 1. The summed E-state index contributed by atoms with van der Waals surface area (Å²) in [5.74, 6) is -0.970. The number of nitriles is 1. The minimum absolute atomic E-state index is 0.0277. The summed E-state index contributed by atoms with van der Waals surface area (Å²) in [5.41, 5.74) is 0.744. The predicted octanol–water partition coefficient (Wildman–Crippen LogP) is 2.77. The van der Waals surface area contributed by atoms with Gasteiger partial charge in [0, 0.05) is 19.6 Å². The molecular formula is C27H28FN5O5. The zero-order valence-corrected chi connectivity index (χ0v) is 20.9. The normalized spacial score (nSPS) is 22.3. The number of aromatic hydroxyl groups is 2. The van der Waals surface area contributed by atoms with E-state index in [1.54, 1.807) is 18.2 Å². The van der Waals surface area contributed by atoms with Crippen LogP contribution in [0.25, 0.3) is 11.0 Å². The molecule has 38 heavy (non-hydrogen) atoms. The molecule has 1 saturated carbocycles. The molecule has 198 valence electrons. The summed E-state index contributed by atoms with van der Waals surface area (Å²) in [4.78, 5) is 21.1.